The summed E-state index contributed by atoms with van der Waals surface area (Å²) >= 11 is 0. The Hall–Kier alpha value is -4.13. The number of nitro groups is 1. The van der Waals surface area contributed by atoms with E-state index in [2.05, 4.69) is 0 Å². The van der Waals surface area contributed by atoms with E-state index in [0.29, 0.717) is 28.4 Å². The molecule has 0 radical (unpaired) electrons. The number of nitrogens with zero attached hydrogens (tertiary/aromatic N) is 1. The molecule has 0 bridgehead atoms. The third-order valence-corrected chi connectivity index (χ3v) is 4.27. The van der Waals surface area contributed by atoms with Crippen molar-refractivity contribution in [2.45, 2.75) is 0 Å². The fraction of sp³-hybridized carbons (Fsp3) is 0.0870. The lowest BCUT2D eigenvalue weighted by molar-refractivity contribution is -0.385. The molecule has 7 heteroatoms. The van der Waals surface area contributed by atoms with Crippen LogP contribution in [0.2, 0.25) is 0 Å². The summed E-state index contributed by atoms with van der Waals surface area (Å²) in [6, 6.07) is 17.9. The maximum Gasteiger partial charge on any atom is 0.312 e. The summed E-state index contributed by atoms with van der Waals surface area (Å²) in [5, 5.41) is 11.5. The van der Waals surface area contributed by atoms with Gasteiger partial charge >= 0.3 is 5.69 Å². The highest BCUT2D eigenvalue weighted by Gasteiger charge is 2.16. The third kappa shape index (κ3) is 5.02. The van der Waals surface area contributed by atoms with Gasteiger partial charge < -0.3 is 14.2 Å². The van der Waals surface area contributed by atoms with Crippen molar-refractivity contribution < 1.29 is 23.9 Å². The first-order valence-corrected chi connectivity index (χ1v) is 8.97. The molecule has 0 spiro atoms. The summed E-state index contributed by atoms with van der Waals surface area (Å²) in [6.07, 6.45) is 2.89. The maximum atomic E-state index is 12.3. The SMILES string of the molecule is COc1ccc(Oc2ccc(/C=C/C(=O)c3ccc(OC)cc3)cc2[N+](=O)[O-])cc1. The lowest BCUT2D eigenvalue weighted by Gasteiger charge is -2.08. The van der Waals surface area contributed by atoms with Gasteiger partial charge in [0.15, 0.2) is 5.78 Å². The predicted octanol–water partition coefficient (Wildman–Crippen LogP) is 5.30. The smallest absolute Gasteiger partial charge is 0.312 e. The number of nitro benzene ring substituents is 1. The molecule has 0 heterocycles. The van der Waals surface area contributed by atoms with E-state index in [1.807, 2.05) is 0 Å². The second-order valence-electron chi connectivity index (χ2n) is 6.19. The van der Waals surface area contributed by atoms with E-state index >= 15 is 0 Å². The Morgan fingerprint density at radius 3 is 2.00 bits per heavy atom. The summed E-state index contributed by atoms with van der Waals surface area (Å²) in [6.45, 7) is 0. The van der Waals surface area contributed by atoms with E-state index < -0.39 is 4.92 Å². The van der Waals surface area contributed by atoms with Gasteiger partial charge in [0.25, 0.3) is 0 Å². The summed E-state index contributed by atoms with van der Waals surface area (Å²) in [5.41, 5.74) is 0.788. The van der Waals surface area contributed by atoms with Crippen LogP contribution in [0.4, 0.5) is 5.69 Å². The first-order chi connectivity index (χ1) is 14.5. The minimum absolute atomic E-state index is 0.101. The number of benzene rings is 3. The highest BCUT2D eigenvalue weighted by Crippen LogP contribution is 2.33. The van der Waals surface area contributed by atoms with Crippen LogP contribution in [-0.4, -0.2) is 24.9 Å². The topological polar surface area (TPSA) is 87.9 Å². The fourth-order valence-corrected chi connectivity index (χ4v) is 2.66. The molecule has 0 atom stereocenters. The van der Waals surface area contributed by atoms with Gasteiger partial charge in [0.2, 0.25) is 5.75 Å². The second kappa shape index (κ2) is 9.38. The van der Waals surface area contributed by atoms with Crippen molar-refractivity contribution >= 4 is 17.5 Å². The molecular weight excluding hydrogens is 386 g/mol. The number of rotatable bonds is 8. The summed E-state index contributed by atoms with van der Waals surface area (Å²) in [7, 11) is 3.10. The van der Waals surface area contributed by atoms with E-state index in [9.17, 15) is 14.9 Å². The monoisotopic (exact) mass is 405 g/mol. The summed E-state index contributed by atoms with van der Waals surface area (Å²) in [5.74, 6) is 1.62. The molecule has 0 aliphatic heterocycles. The molecule has 0 unspecified atom stereocenters. The van der Waals surface area contributed by atoms with E-state index in [-0.39, 0.29) is 17.2 Å². The number of hydrogen-bond acceptors (Lipinski definition) is 6. The minimum atomic E-state index is -0.526. The zero-order valence-electron chi connectivity index (χ0n) is 16.4. The van der Waals surface area contributed by atoms with Gasteiger partial charge in [0, 0.05) is 11.6 Å². The molecule has 30 heavy (non-hydrogen) atoms. The van der Waals surface area contributed by atoms with Crippen LogP contribution in [0.5, 0.6) is 23.0 Å². The van der Waals surface area contributed by atoms with Crippen LogP contribution in [-0.2, 0) is 0 Å². The van der Waals surface area contributed by atoms with Gasteiger partial charge in [0.05, 0.1) is 19.1 Å². The van der Waals surface area contributed by atoms with Crippen molar-refractivity contribution in [2.24, 2.45) is 0 Å². The molecule has 0 saturated carbocycles. The van der Waals surface area contributed by atoms with Gasteiger partial charge in [-0.1, -0.05) is 12.1 Å². The Morgan fingerprint density at radius 1 is 0.867 bits per heavy atom. The number of ketones is 1. The van der Waals surface area contributed by atoms with Crippen molar-refractivity contribution in [3.63, 3.8) is 0 Å². The first kappa shape index (κ1) is 20.6. The Bertz CT molecular complexity index is 1070. The third-order valence-electron chi connectivity index (χ3n) is 4.27. The molecule has 0 saturated heterocycles. The molecule has 3 aromatic rings. The predicted molar refractivity (Wildman–Crippen MR) is 113 cm³/mol. The van der Waals surface area contributed by atoms with Crippen LogP contribution in [0.1, 0.15) is 15.9 Å². The van der Waals surface area contributed by atoms with Gasteiger partial charge in [-0.05, 0) is 66.2 Å². The van der Waals surface area contributed by atoms with Gasteiger partial charge in [-0.2, -0.15) is 0 Å². The zero-order chi connectivity index (χ0) is 21.5. The van der Waals surface area contributed by atoms with Crippen LogP contribution in [0.15, 0.2) is 72.8 Å². The van der Waals surface area contributed by atoms with Crippen LogP contribution in [0.3, 0.4) is 0 Å². The molecule has 0 aromatic heterocycles. The number of ether oxygens (including phenoxy) is 3. The zero-order valence-corrected chi connectivity index (χ0v) is 16.4. The number of hydrogen-bond donors (Lipinski definition) is 0. The Kier molecular flexibility index (Phi) is 6.44. The molecular formula is C23H19NO6. The molecule has 0 fully saturated rings. The van der Waals surface area contributed by atoms with Gasteiger partial charge in [0.1, 0.15) is 17.2 Å². The largest absolute Gasteiger partial charge is 0.497 e. The average molecular weight is 405 g/mol. The molecule has 7 nitrogen and oxygen atoms in total. The van der Waals surface area contributed by atoms with Crippen LogP contribution in [0.25, 0.3) is 6.08 Å². The van der Waals surface area contributed by atoms with Gasteiger partial charge in [-0.15, -0.1) is 0 Å². The molecule has 0 aliphatic carbocycles. The van der Waals surface area contributed by atoms with Crippen LogP contribution < -0.4 is 14.2 Å². The Morgan fingerprint density at radius 2 is 1.43 bits per heavy atom. The fourth-order valence-electron chi connectivity index (χ4n) is 2.66. The highest BCUT2D eigenvalue weighted by atomic mass is 16.6. The van der Waals surface area contributed by atoms with Crippen molar-refractivity contribution in [2.75, 3.05) is 14.2 Å². The second-order valence-corrected chi connectivity index (χ2v) is 6.19. The first-order valence-electron chi connectivity index (χ1n) is 8.97. The van der Waals surface area contributed by atoms with Crippen molar-refractivity contribution in [3.05, 3.63) is 94.0 Å². The highest BCUT2D eigenvalue weighted by molar-refractivity contribution is 6.06. The Labute approximate surface area is 173 Å². The molecule has 0 aliphatic rings. The quantitative estimate of drug-likeness (QED) is 0.219. The number of carbonyl (C=O) groups is 1. The van der Waals surface area contributed by atoms with E-state index in [0.717, 1.165) is 0 Å². The molecule has 0 N–H and O–H groups in total. The molecule has 3 rings (SSSR count). The minimum Gasteiger partial charge on any atom is -0.497 e. The maximum absolute atomic E-state index is 12.3. The summed E-state index contributed by atoms with van der Waals surface area (Å²) < 4.78 is 15.8. The average Bonchev–Trinajstić information content (AvgIpc) is 2.78. The number of allylic oxidation sites excluding steroid dienone is 1. The lowest BCUT2D eigenvalue weighted by Crippen LogP contribution is -1.95. The lowest BCUT2D eigenvalue weighted by atomic mass is 10.1. The van der Waals surface area contributed by atoms with E-state index in [4.69, 9.17) is 14.2 Å². The normalized spacial score (nSPS) is 10.6. The van der Waals surface area contributed by atoms with Crippen molar-refractivity contribution in [1.82, 2.24) is 0 Å². The van der Waals surface area contributed by atoms with Crippen molar-refractivity contribution in [3.8, 4) is 23.0 Å². The van der Waals surface area contributed by atoms with Gasteiger partial charge in [-0.3, -0.25) is 14.9 Å². The summed E-state index contributed by atoms with van der Waals surface area (Å²) in [4.78, 5) is 23.3. The van der Waals surface area contributed by atoms with E-state index in [1.54, 1.807) is 68.8 Å². The Balaban J connectivity index is 1.78. The van der Waals surface area contributed by atoms with Crippen molar-refractivity contribution in [1.29, 1.82) is 0 Å². The number of methoxy groups -OCH3 is 2. The van der Waals surface area contributed by atoms with E-state index in [1.165, 1.54) is 24.3 Å². The van der Waals surface area contributed by atoms with Crippen LogP contribution in [0, 0.1) is 10.1 Å². The standard InChI is InChI=1S/C23H19NO6/c1-28-18-7-5-17(6-8-18)22(25)13-3-16-4-14-23(21(15-16)24(26)27)30-20-11-9-19(29-2)10-12-20/h3-15H,1-2H3/b13-3+. The van der Waals surface area contributed by atoms with Gasteiger partial charge in [-0.25, -0.2) is 0 Å². The molecule has 3 aromatic carbocycles. The molecule has 152 valence electrons. The van der Waals surface area contributed by atoms with Crippen LogP contribution >= 0.6 is 0 Å². The number of carbonyl (C=O) groups excluding carboxylic acids is 1. The molecule has 0 amide bonds.